The second-order valence-electron chi connectivity index (χ2n) is 4.33. The summed E-state index contributed by atoms with van der Waals surface area (Å²) in [5.74, 6) is -2.04. The van der Waals surface area contributed by atoms with Gasteiger partial charge in [0.25, 0.3) is 0 Å². The van der Waals surface area contributed by atoms with Crippen LogP contribution in [0.2, 0.25) is 0 Å². The van der Waals surface area contributed by atoms with Crippen molar-refractivity contribution in [1.82, 2.24) is 0 Å². The highest BCUT2D eigenvalue weighted by Gasteiger charge is 2.22. The molecule has 0 bridgehead atoms. The average molecular weight is 322 g/mol. The normalized spacial score (nSPS) is 11.7. The highest BCUT2D eigenvalue weighted by atomic mass is 16.6. The quantitative estimate of drug-likeness (QED) is 0.463. The van der Waals surface area contributed by atoms with E-state index in [0.717, 1.165) is 12.2 Å². The molecule has 1 N–H and O–H groups in total. The molecule has 1 aromatic carbocycles. The third kappa shape index (κ3) is 6.64. The second-order valence-corrected chi connectivity index (χ2v) is 4.33. The number of hydrogen-bond donors (Lipinski definition) is 1. The lowest BCUT2D eigenvalue weighted by Crippen LogP contribution is -2.30. The van der Waals surface area contributed by atoms with Gasteiger partial charge in [-0.1, -0.05) is 6.92 Å². The first-order valence-corrected chi connectivity index (χ1v) is 7.02. The van der Waals surface area contributed by atoms with E-state index in [1.54, 1.807) is 13.8 Å². The van der Waals surface area contributed by atoms with Gasteiger partial charge in [-0.05, 0) is 37.6 Å². The number of ether oxygens (including phenoxy) is 3. The first-order valence-electron chi connectivity index (χ1n) is 7.02. The number of phenolic OH excluding ortho intramolecular Hbond substituents is 1. The van der Waals surface area contributed by atoms with Gasteiger partial charge in [0.1, 0.15) is 11.5 Å². The molecule has 7 heteroatoms. The van der Waals surface area contributed by atoms with Crippen molar-refractivity contribution in [2.75, 3.05) is 6.61 Å². The third-order valence-electron chi connectivity index (χ3n) is 2.59. The van der Waals surface area contributed by atoms with Crippen LogP contribution < -0.4 is 4.74 Å². The first-order chi connectivity index (χ1) is 11.0. The molecule has 1 rings (SSSR count). The Hall–Kier alpha value is -2.83. The van der Waals surface area contributed by atoms with E-state index in [1.165, 1.54) is 24.3 Å². The summed E-state index contributed by atoms with van der Waals surface area (Å²) < 4.78 is 14.6. The van der Waals surface area contributed by atoms with Crippen LogP contribution in [0.3, 0.4) is 0 Å². The summed E-state index contributed by atoms with van der Waals surface area (Å²) >= 11 is 0. The van der Waals surface area contributed by atoms with Gasteiger partial charge in [0, 0.05) is 12.2 Å². The summed E-state index contributed by atoms with van der Waals surface area (Å²) in [6, 6.07) is 5.53. The topological polar surface area (TPSA) is 99.1 Å². The Kier molecular flexibility index (Phi) is 7.32. The van der Waals surface area contributed by atoms with Crippen LogP contribution in [0.15, 0.2) is 36.4 Å². The number of phenols is 1. The fourth-order valence-corrected chi connectivity index (χ4v) is 1.50. The Labute approximate surface area is 133 Å². The van der Waals surface area contributed by atoms with Gasteiger partial charge in [-0.25, -0.2) is 14.4 Å². The number of esters is 3. The number of carbonyl (C=O) groups excluding carboxylic acids is 3. The standard InChI is InChI=1S/C16H18O7/c1-3-13(23-15(19)10-9-14(18)21-4-2)16(20)22-12-7-5-11(17)6-8-12/h5-10,13,17H,3-4H2,1-2H3/b10-9-. The maximum absolute atomic E-state index is 11.9. The lowest BCUT2D eigenvalue weighted by atomic mass is 10.2. The monoisotopic (exact) mass is 322 g/mol. The number of benzene rings is 1. The molecule has 124 valence electrons. The average Bonchev–Trinajstić information content (AvgIpc) is 2.53. The van der Waals surface area contributed by atoms with Crippen molar-refractivity contribution in [3.05, 3.63) is 36.4 Å². The fourth-order valence-electron chi connectivity index (χ4n) is 1.50. The van der Waals surface area contributed by atoms with Crippen molar-refractivity contribution in [1.29, 1.82) is 0 Å². The van der Waals surface area contributed by atoms with Gasteiger partial charge in [-0.3, -0.25) is 0 Å². The van der Waals surface area contributed by atoms with E-state index in [2.05, 4.69) is 4.74 Å². The largest absolute Gasteiger partial charge is 0.508 e. The molecule has 0 saturated carbocycles. The van der Waals surface area contributed by atoms with Crippen LogP contribution in [0.4, 0.5) is 0 Å². The molecule has 0 amide bonds. The summed E-state index contributed by atoms with van der Waals surface area (Å²) in [7, 11) is 0. The zero-order valence-corrected chi connectivity index (χ0v) is 12.9. The summed E-state index contributed by atoms with van der Waals surface area (Å²) in [6.07, 6.45) is 0.900. The van der Waals surface area contributed by atoms with Crippen LogP contribution in [-0.2, 0) is 23.9 Å². The van der Waals surface area contributed by atoms with Gasteiger partial charge in [-0.15, -0.1) is 0 Å². The van der Waals surface area contributed by atoms with Crippen LogP contribution in [0, 0.1) is 0 Å². The Balaban J connectivity index is 2.58. The third-order valence-corrected chi connectivity index (χ3v) is 2.59. The minimum absolute atomic E-state index is 0.0346. The van der Waals surface area contributed by atoms with Crippen LogP contribution >= 0.6 is 0 Å². The van der Waals surface area contributed by atoms with Crippen molar-refractivity contribution in [3.63, 3.8) is 0 Å². The van der Waals surface area contributed by atoms with E-state index in [-0.39, 0.29) is 24.5 Å². The first kappa shape index (κ1) is 18.2. The molecule has 0 aliphatic heterocycles. The molecule has 0 heterocycles. The highest BCUT2D eigenvalue weighted by Crippen LogP contribution is 2.17. The fraction of sp³-hybridized carbons (Fsp3) is 0.312. The maximum atomic E-state index is 11.9. The maximum Gasteiger partial charge on any atom is 0.352 e. The van der Waals surface area contributed by atoms with E-state index in [4.69, 9.17) is 14.6 Å². The Morgan fingerprint density at radius 1 is 1.09 bits per heavy atom. The molecule has 1 atom stereocenters. The van der Waals surface area contributed by atoms with Crippen molar-refractivity contribution in [3.8, 4) is 11.5 Å². The highest BCUT2D eigenvalue weighted by molar-refractivity contribution is 5.92. The Bertz CT molecular complexity index is 575. The van der Waals surface area contributed by atoms with Gasteiger partial charge < -0.3 is 19.3 Å². The summed E-state index contributed by atoms with van der Waals surface area (Å²) in [6.45, 7) is 3.47. The van der Waals surface area contributed by atoms with E-state index in [0.29, 0.717) is 0 Å². The Morgan fingerprint density at radius 2 is 1.70 bits per heavy atom. The number of hydrogen-bond acceptors (Lipinski definition) is 7. The van der Waals surface area contributed by atoms with E-state index in [9.17, 15) is 14.4 Å². The van der Waals surface area contributed by atoms with Gasteiger partial charge in [-0.2, -0.15) is 0 Å². The van der Waals surface area contributed by atoms with E-state index >= 15 is 0 Å². The minimum atomic E-state index is -1.11. The van der Waals surface area contributed by atoms with E-state index in [1.807, 2.05) is 0 Å². The second kappa shape index (κ2) is 9.24. The predicted molar refractivity (Wildman–Crippen MR) is 79.7 cm³/mol. The van der Waals surface area contributed by atoms with Gasteiger partial charge >= 0.3 is 17.9 Å². The molecule has 23 heavy (non-hydrogen) atoms. The molecule has 0 radical (unpaired) electrons. The van der Waals surface area contributed by atoms with Crippen LogP contribution in [0.5, 0.6) is 11.5 Å². The molecule has 1 aromatic rings. The van der Waals surface area contributed by atoms with E-state index < -0.39 is 24.0 Å². The summed E-state index contributed by atoms with van der Waals surface area (Å²) in [4.78, 5) is 34.6. The van der Waals surface area contributed by atoms with Crippen molar-refractivity contribution in [2.24, 2.45) is 0 Å². The van der Waals surface area contributed by atoms with Gasteiger partial charge in [0.15, 0.2) is 6.10 Å². The van der Waals surface area contributed by atoms with Crippen LogP contribution in [0.25, 0.3) is 0 Å². The zero-order chi connectivity index (χ0) is 17.2. The van der Waals surface area contributed by atoms with Crippen molar-refractivity contribution < 1.29 is 33.7 Å². The molecule has 1 unspecified atom stereocenters. The molecular formula is C16H18O7. The summed E-state index contributed by atoms with van der Waals surface area (Å²) in [5.41, 5.74) is 0. The predicted octanol–water partition coefficient (Wildman–Crippen LogP) is 1.74. The van der Waals surface area contributed by atoms with Gasteiger partial charge in [0.2, 0.25) is 0 Å². The number of carbonyl (C=O) groups is 3. The summed E-state index contributed by atoms with van der Waals surface area (Å²) in [5, 5.41) is 9.15. The molecule has 0 spiro atoms. The van der Waals surface area contributed by atoms with Gasteiger partial charge in [0.05, 0.1) is 6.61 Å². The molecule has 0 aliphatic rings. The molecule has 0 saturated heterocycles. The van der Waals surface area contributed by atoms with Crippen LogP contribution in [0.1, 0.15) is 20.3 Å². The lowest BCUT2D eigenvalue weighted by Gasteiger charge is -2.14. The zero-order valence-electron chi connectivity index (χ0n) is 12.9. The SMILES string of the molecule is CCOC(=O)/C=C\C(=O)OC(CC)C(=O)Oc1ccc(O)cc1. The lowest BCUT2D eigenvalue weighted by molar-refractivity contribution is -0.159. The molecule has 0 aromatic heterocycles. The molecular weight excluding hydrogens is 304 g/mol. The smallest absolute Gasteiger partial charge is 0.352 e. The van der Waals surface area contributed by atoms with Crippen molar-refractivity contribution in [2.45, 2.75) is 26.4 Å². The minimum Gasteiger partial charge on any atom is -0.508 e. The number of aromatic hydroxyl groups is 1. The molecule has 0 aliphatic carbocycles. The number of rotatable bonds is 7. The Morgan fingerprint density at radius 3 is 2.26 bits per heavy atom. The van der Waals surface area contributed by atoms with Crippen molar-refractivity contribution >= 4 is 17.9 Å². The molecule has 0 fully saturated rings. The van der Waals surface area contributed by atoms with Crippen LogP contribution in [-0.4, -0.2) is 35.7 Å². The molecule has 7 nitrogen and oxygen atoms in total.